The Bertz CT molecular complexity index is 190. The lowest BCUT2D eigenvalue weighted by Crippen LogP contribution is -2.38. The molecule has 0 aromatic rings. The van der Waals surface area contributed by atoms with Crippen LogP contribution in [0.2, 0.25) is 0 Å². The van der Waals surface area contributed by atoms with E-state index in [1.165, 1.54) is 45.6 Å². The van der Waals surface area contributed by atoms with Crippen LogP contribution in [0.5, 0.6) is 0 Å². The van der Waals surface area contributed by atoms with Crippen molar-refractivity contribution in [2.24, 2.45) is 0 Å². The molecule has 0 fully saturated rings. The third-order valence-electron chi connectivity index (χ3n) is 3.96. The van der Waals surface area contributed by atoms with Crippen LogP contribution in [0, 0.1) is 0 Å². The van der Waals surface area contributed by atoms with Gasteiger partial charge in [0.25, 0.3) is 0 Å². The predicted molar refractivity (Wildman–Crippen MR) is 86.9 cm³/mol. The Kier molecular flexibility index (Phi) is 11.6. The first kappa shape index (κ1) is 18.9. The molecule has 3 heteroatoms. The molecule has 0 aromatic heterocycles. The fraction of sp³-hybridized carbons (Fsp3) is 1.00. The minimum absolute atomic E-state index is 0.602. The highest BCUT2D eigenvalue weighted by molar-refractivity contribution is 4.69. The molecule has 0 aliphatic carbocycles. The molecule has 0 heterocycles. The normalized spacial score (nSPS) is 13.7. The zero-order chi connectivity index (χ0) is 14.7. The lowest BCUT2D eigenvalue weighted by atomic mass is 10.2. The maximum atomic E-state index is 3.51. The van der Waals surface area contributed by atoms with E-state index >= 15 is 0 Å². The molecule has 0 radical (unpaired) electrons. The summed E-state index contributed by atoms with van der Waals surface area (Å²) in [6, 6.07) is 1.29. The molecule has 1 atom stereocenters. The standard InChI is InChI=1S/C16H37N3/c1-7-18(8-2)13-10-14-19(9-3)16(6)11-12-17-15(4)5/h15-17H,7-14H2,1-6H3. The van der Waals surface area contributed by atoms with Crippen molar-refractivity contribution in [1.82, 2.24) is 15.1 Å². The van der Waals surface area contributed by atoms with Gasteiger partial charge in [-0.05, 0) is 59.0 Å². The third-order valence-corrected chi connectivity index (χ3v) is 3.96. The van der Waals surface area contributed by atoms with Crippen LogP contribution >= 0.6 is 0 Å². The summed E-state index contributed by atoms with van der Waals surface area (Å²) in [5.41, 5.74) is 0. The van der Waals surface area contributed by atoms with Gasteiger partial charge in [0.1, 0.15) is 0 Å². The largest absolute Gasteiger partial charge is 0.314 e. The van der Waals surface area contributed by atoms with E-state index in [4.69, 9.17) is 0 Å². The monoisotopic (exact) mass is 271 g/mol. The molecule has 0 aliphatic rings. The number of rotatable bonds is 12. The van der Waals surface area contributed by atoms with Crippen LogP contribution in [0.3, 0.4) is 0 Å². The second-order valence-electron chi connectivity index (χ2n) is 5.76. The van der Waals surface area contributed by atoms with Crippen molar-refractivity contribution < 1.29 is 0 Å². The maximum Gasteiger partial charge on any atom is 0.00789 e. The number of nitrogens with one attached hydrogen (secondary N) is 1. The van der Waals surface area contributed by atoms with Crippen molar-refractivity contribution in [3.63, 3.8) is 0 Å². The van der Waals surface area contributed by atoms with Gasteiger partial charge in [-0.15, -0.1) is 0 Å². The maximum absolute atomic E-state index is 3.51. The molecular formula is C16H37N3. The molecule has 19 heavy (non-hydrogen) atoms. The van der Waals surface area contributed by atoms with Gasteiger partial charge in [0.15, 0.2) is 0 Å². The highest BCUT2D eigenvalue weighted by atomic mass is 15.2. The second-order valence-corrected chi connectivity index (χ2v) is 5.76. The third kappa shape index (κ3) is 9.42. The fourth-order valence-corrected chi connectivity index (χ4v) is 2.49. The van der Waals surface area contributed by atoms with Gasteiger partial charge in [0, 0.05) is 12.1 Å². The Balaban J connectivity index is 3.85. The van der Waals surface area contributed by atoms with Crippen LogP contribution in [0.4, 0.5) is 0 Å². The van der Waals surface area contributed by atoms with Crippen molar-refractivity contribution >= 4 is 0 Å². The van der Waals surface area contributed by atoms with Crippen LogP contribution in [0.15, 0.2) is 0 Å². The Morgan fingerprint density at radius 2 is 1.53 bits per heavy atom. The van der Waals surface area contributed by atoms with Crippen molar-refractivity contribution in [3.05, 3.63) is 0 Å². The minimum atomic E-state index is 0.602. The molecule has 0 saturated heterocycles. The van der Waals surface area contributed by atoms with Crippen LogP contribution < -0.4 is 5.32 Å². The van der Waals surface area contributed by atoms with Crippen LogP contribution in [-0.2, 0) is 0 Å². The van der Waals surface area contributed by atoms with Gasteiger partial charge in [-0.1, -0.05) is 34.6 Å². The van der Waals surface area contributed by atoms with Crippen molar-refractivity contribution in [2.45, 2.75) is 66.5 Å². The number of nitrogens with zero attached hydrogens (tertiary/aromatic N) is 2. The molecule has 0 saturated carbocycles. The molecule has 0 aliphatic heterocycles. The average molecular weight is 271 g/mol. The van der Waals surface area contributed by atoms with E-state index in [9.17, 15) is 0 Å². The lowest BCUT2D eigenvalue weighted by Gasteiger charge is -2.29. The first-order valence-electron chi connectivity index (χ1n) is 8.24. The zero-order valence-electron chi connectivity index (χ0n) is 14.2. The molecule has 1 N–H and O–H groups in total. The van der Waals surface area contributed by atoms with Crippen LogP contribution in [0.25, 0.3) is 0 Å². The summed E-state index contributed by atoms with van der Waals surface area (Å²) in [6.07, 6.45) is 2.54. The molecule has 116 valence electrons. The second kappa shape index (κ2) is 11.7. The van der Waals surface area contributed by atoms with E-state index < -0.39 is 0 Å². The topological polar surface area (TPSA) is 18.5 Å². The molecule has 0 spiro atoms. The van der Waals surface area contributed by atoms with Crippen molar-refractivity contribution in [3.8, 4) is 0 Å². The van der Waals surface area contributed by atoms with Gasteiger partial charge in [0.2, 0.25) is 0 Å². The van der Waals surface area contributed by atoms with Gasteiger partial charge in [-0.2, -0.15) is 0 Å². The van der Waals surface area contributed by atoms with Gasteiger partial charge in [-0.25, -0.2) is 0 Å². The van der Waals surface area contributed by atoms with E-state index in [1.807, 2.05) is 0 Å². The summed E-state index contributed by atoms with van der Waals surface area (Å²) >= 11 is 0. The molecule has 0 bridgehead atoms. The summed E-state index contributed by atoms with van der Waals surface area (Å²) in [7, 11) is 0. The Hall–Kier alpha value is -0.120. The molecule has 0 aromatic carbocycles. The quantitative estimate of drug-likeness (QED) is 0.589. The van der Waals surface area contributed by atoms with Crippen molar-refractivity contribution in [1.29, 1.82) is 0 Å². The highest BCUT2D eigenvalue weighted by Gasteiger charge is 2.11. The summed E-state index contributed by atoms with van der Waals surface area (Å²) in [4.78, 5) is 5.13. The number of hydrogen-bond acceptors (Lipinski definition) is 3. The smallest absolute Gasteiger partial charge is 0.00789 e. The predicted octanol–water partition coefficient (Wildman–Crippen LogP) is 2.82. The Labute approximate surface area is 121 Å². The summed E-state index contributed by atoms with van der Waals surface area (Å²) in [5, 5.41) is 3.51. The fourth-order valence-electron chi connectivity index (χ4n) is 2.49. The lowest BCUT2D eigenvalue weighted by molar-refractivity contribution is 0.190. The van der Waals surface area contributed by atoms with E-state index in [0.29, 0.717) is 12.1 Å². The summed E-state index contributed by atoms with van der Waals surface area (Å²) in [5.74, 6) is 0. The van der Waals surface area contributed by atoms with Gasteiger partial charge >= 0.3 is 0 Å². The van der Waals surface area contributed by atoms with E-state index in [0.717, 1.165) is 6.54 Å². The van der Waals surface area contributed by atoms with Crippen LogP contribution in [0.1, 0.15) is 54.4 Å². The Morgan fingerprint density at radius 3 is 2.00 bits per heavy atom. The van der Waals surface area contributed by atoms with E-state index in [-0.39, 0.29) is 0 Å². The average Bonchev–Trinajstić information content (AvgIpc) is 2.38. The molecule has 1 unspecified atom stereocenters. The van der Waals surface area contributed by atoms with Gasteiger partial charge < -0.3 is 15.1 Å². The van der Waals surface area contributed by atoms with E-state index in [2.05, 4.69) is 56.7 Å². The first-order chi connectivity index (χ1) is 9.04. The Morgan fingerprint density at radius 1 is 0.895 bits per heavy atom. The SMILES string of the molecule is CCN(CC)CCCN(CC)C(C)CCNC(C)C. The summed E-state index contributed by atoms with van der Waals surface area (Å²) < 4.78 is 0. The van der Waals surface area contributed by atoms with Crippen molar-refractivity contribution in [2.75, 3.05) is 39.3 Å². The first-order valence-corrected chi connectivity index (χ1v) is 8.24. The molecule has 3 nitrogen and oxygen atoms in total. The summed E-state index contributed by atoms with van der Waals surface area (Å²) in [6.45, 7) is 20.7. The highest BCUT2D eigenvalue weighted by Crippen LogP contribution is 2.05. The number of hydrogen-bond donors (Lipinski definition) is 1. The molecule has 0 rings (SSSR count). The van der Waals surface area contributed by atoms with Gasteiger partial charge in [-0.3, -0.25) is 0 Å². The van der Waals surface area contributed by atoms with Gasteiger partial charge in [0.05, 0.1) is 0 Å². The minimum Gasteiger partial charge on any atom is -0.314 e. The molecular weight excluding hydrogens is 234 g/mol. The van der Waals surface area contributed by atoms with E-state index in [1.54, 1.807) is 0 Å². The van der Waals surface area contributed by atoms with Crippen LogP contribution in [-0.4, -0.2) is 61.2 Å². The molecule has 0 amide bonds. The zero-order valence-corrected chi connectivity index (χ0v) is 14.2.